The molecule has 14 nitrogen and oxygen atoms in total. The number of unbranched alkanes of at least 4 members (excludes halogenated alkanes) is 14. The third kappa shape index (κ3) is 36.7. The summed E-state index contributed by atoms with van der Waals surface area (Å²) in [6.45, 7) is 1.64. The number of carbonyl (C=O) groups is 2. The van der Waals surface area contributed by atoms with Gasteiger partial charge >= 0.3 is 27.6 Å². The molecule has 1 fully saturated rings. The first-order valence-corrected chi connectivity index (χ1v) is 25.5. The minimum atomic E-state index is -4.87. The fraction of sp³-hybridized carbons (Fsp3) is 0.773. The molecule has 0 radical (unpaired) electrons. The molecule has 348 valence electrons. The van der Waals surface area contributed by atoms with E-state index >= 15 is 0 Å². The molecule has 60 heavy (non-hydrogen) atoms. The second-order valence-electron chi connectivity index (χ2n) is 15.4. The Kier molecular flexibility index (Phi) is 34.1. The average molecular weight is 893 g/mol. The van der Waals surface area contributed by atoms with Gasteiger partial charge in [0, 0.05) is 12.8 Å². The number of phosphoric ester groups is 2. The minimum Gasteiger partial charge on any atom is -0.462 e. The van der Waals surface area contributed by atoms with Crippen LogP contribution in [0, 0.1) is 0 Å². The number of aliphatic hydroxyl groups is 1. The van der Waals surface area contributed by atoms with Gasteiger partial charge in [-0.15, -0.1) is 0 Å². The van der Waals surface area contributed by atoms with Crippen molar-refractivity contribution in [1.29, 1.82) is 0 Å². The maximum absolute atomic E-state index is 12.7. The minimum absolute atomic E-state index is 0.0788. The molecule has 0 amide bonds. The van der Waals surface area contributed by atoms with Crippen LogP contribution in [0.25, 0.3) is 0 Å². The summed E-state index contributed by atoms with van der Waals surface area (Å²) in [6, 6.07) is 0. The third-order valence-electron chi connectivity index (χ3n) is 9.60. The molecule has 1 saturated heterocycles. The molecular formula is C44H78O14P2. The Bertz CT molecular complexity index is 1310. The lowest BCUT2D eigenvalue weighted by Crippen LogP contribution is -2.30. The number of allylic oxidation sites excluding steroid dienone is 7. The Labute approximate surface area is 360 Å². The number of esters is 2. The van der Waals surface area contributed by atoms with Gasteiger partial charge in [-0.1, -0.05) is 127 Å². The lowest BCUT2D eigenvalue weighted by Gasteiger charge is -2.20. The zero-order valence-corrected chi connectivity index (χ0v) is 38.3. The fourth-order valence-electron chi connectivity index (χ4n) is 6.08. The van der Waals surface area contributed by atoms with E-state index < -0.39 is 66.2 Å². The van der Waals surface area contributed by atoms with Gasteiger partial charge in [0.25, 0.3) is 0 Å². The molecule has 1 aliphatic rings. The molecule has 0 bridgehead atoms. The van der Waals surface area contributed by atoms with Crippen molar-refractivity contribution in [3.63, 3.8) is 0 Å². The number of ether oxygens (including phenoxy) is 3. The van der Waals surface area contributed by atoms with Crippen LogP contribution in [-0.2, 0) is 46.5 Å². The molecule has 5 atom stereocenters. The Hall–Kier alpha value is -1.96. The molecule has 1 heterocycles. The number of aliphatic hydroxyl groups excluding tert-OH is 1. The molecule has 0 aromatic heterocycles. The molecule has 0 aliphatic carbocycles. The van der Waals surface area contributed by atoms with Gasteiger partial charge in [-0.3, -0.25) is 23.2 Å². The van der Waals surface area contributed by atoms with Gasteiger partial charge in [-0.25, -0.2) is 9.13 Å². The van der Waals surface area contributed by atoms with Crippen molar-refractivity contribution in [2.75, 3.05) is 26.4 Å². The lowest BCUT2D eigenvalue weighted by atomic mass is 10.1. The Balaban J connectivity index is 2.41. The van der Waals surface area contributed by atoms with E-state index in [1.54, 1.807) is 0 Å². The molecular weight excluding hydrogens is 814 g/mol. The highest BCUT2D eigenvalue weighted by Gasteiger charge is 2.36. The largest absolute Gasteiger partial charge is 0.472 e. The fourth-order valence-corrected chi connectivity index (χ4v) is 7.23. The van der Waals surface area contributed by atoms with Crippen LogP contribution in [0.3, 0.4) is 0 Å². The first kappa shape index (κ1) is 56.1. The van der Waals surface area contributed by atoms with E-state index in [1.807, 2.05) is 0 Å². The van der Waals surface area contributed by atoms with Gasteiger partial charge in [-0.2, -0.15) is 0 Å². The number of hydrogen-bond acceptors (Lipinski definition) is 11. The Morgan fingerprint density at radius 1 is 0.583 bits per heavy atom. The number of phosphoric acid groups is 2. The standard InChI is InChI=1S/C44H78O14P2/c1-3-5-7-9-11-13-15-17-18-19-21-23-25-27-29-33-44(47)57-40(38-56-60(51,52)55-36-39(45)35-54-59(48,49)50)37-53-43(46)34-30-32-42-41(58-42)31-28-26-24-22-20-16-14-12-10-8-6-4-2/h12,14,17-18,20,22,26,28,39-42,45H,3-11,13,15-16,19,21,23-25,27,29-38H2,1-2H3,(H,51,52)(H2,48,49,50)/b14-12-,18-17-,22-20-,28-26-/t39-,40+,41?,42?/m0/s1. The van der Waals surface area contributed by atoms with Gasteiger partial charge < -0.3 is 34.0 Å². The van der Waals surface area contributed by atoms with Crippen molar-refractivity contribution in [3.8, 4) is 0 Å². The predicted octanol–water partition coefficient (Wildman–Crippen LogP) is 10.4. The van der Waals surface area contributed by atoms with Crippen LogP contribution in [-0.4, -0.2) is 82.6 Å². The smallest absolute Gasteiger partial charge is 0.462 e. The van der Waals surface area contributed by atoms with E-state index in [4.69, 9.17) is 28.5 Å². The van der Waals surface area contributed by atoms with Crippen molar-refractivity contribution in [2.24, 2.45) is 0 Å². The summed E-state index contributed by atoms with van der Waals surface area (Å²) >= 11 is 0. The Morgan fingerprint density at radius 3 is 1.73 bits per heavy atom. The number of epoxide rings is 1. The van der Waals surface area contributed by atoms with E-state index in [0.29, 0.717) is 19.3 Å². The average Bonchev–Trinajstić information content (AvgIpc) is 3.96. The molecule has 1 aliphatic heterocycles. The highest BCUT2D eigenvalue weighted by Crippen LogP contribution is 2.44. The molecule has 0 aromatic rings. The highest BCUT2D eigenvalue weighted by atomic mass is 31.2. The first-order chi connectivity index (χ1) is 28.8. The van der Waals surface area contributed by atoms with Crippen LogP contribution in [0.1, 0.15) is 168 Å². The SMILES string of the molecule is CCCCC/C=C\C/C=C\C/C=C\CC1OC1CCCC(=O)OC[C@H](COP(=O)(O)OC[C@@H](O)COP(=O)(O)O)OC(=O)CCCCCCC/C=C\CCCCCCCC. The van der Waals surface area contributed by atoms with E-state index in [0.717, 1.165) is 64.2 Å². The van der Waals surface area contributed by atoms with Crippen LogP contribution < -0.4 is 0 Å². The lowest BCUT2D eigenvalue weighted by molar-refractivity contribution is -0.161. The van der Waals surface area contributed by atoms with Crippen molar-refractivity contribution >= 4 is 27.6 Å². The first-order valence-electron chi connectivity index (χ1n) is 22.5. The van der Waals surface area contributed by atoms with Gasteiger partial charge in [0.1, 0.15) is 12.7 Å². The summed E-state index contributed by atoms with van der Waals surface area (Å²) in [6.07, 6.45) is 38.3. The zero-order chi connectivity index (χ0) is 44.2. The normalized spacial score (nSPS) is 17.8. The number of carbonyl (C=O) groups excluding carboxylic acids is 2. The quantitative estimate of drug-likeness (QED) is 0.0148. The van der Waals surface area contributed by atoms with Crippen molar-refractivity contribution in [2.45, 2.75) is 192 Å². The van der Waals surface area contributed by atoms with Crippen LogP contribution in [0.4, 0.5) is 0 Å². The van der Waals surface area contributed by atoms with E-state index in [9.17, 15) is 28.7 Å². The van der Waals surface area contributed by atoms with Gasteiger partial charge in [-0.05, 0) is 77.0 Å². The monoisotopic (exact) mass is 892 g/mol. The van der Waals surface area contributed by atoms with Crippen LogP contribution in [0.5, 0.6) is 0 Å². The predicted molar refractivity (Wildman–Crippen MR) is 234 cm³/mol. The summed E-state index contributed by atoms with van der Waals surface area (Å²) in [5, 5.41) is 9.76. The molecule has 0 saturated carbocycles. The summed E-state index contributed by atoms with van der Waals surface area (Å²) in [4.78, 5) is 52.8. The van der Waals surface area contributed by atoms with Crippen LogP contribution >= 0.6 is 15.6 Å². The van der Waals surface area contributed by atoms with Crippen molar-refractivity contribution < 1.29 is 66.3 Å². The molecule has 0 spiro atoms. The molecule has 0 aromatic carbocycles. The second-order valence-corrected chi connectivity index (χ2v) is 18.0. The third-order valence-corrected chi connectivity index (χ3v) is 11.0. The van der Waals surface area contributed by atoms with Crippen molar-refractivity contribution in [3.05, 3.63) is 48.6 Å². The van der Waals surface area contributed by atoms with Gasteiger partial charge in [0.2, 0.25) is 0 Å². The van der Waals surface area contributed by atoms with Gasteiger partial charge in [0.15, 0.2) is 6.10 Å². The summed E-state index contributed by atoms with van der Waals surface area (Å²) in [7, 11) is -9.70. The maximum atomic E-state index is 12.7. The summed E-state index contributed by atoms with van der Waals surface area (Å²) in [5.41, 5.74) is 0. The zero-order valence-electron chi connectivity index (χ0n) is 36.5. The van der Waals surface area contributed by atoms with E-state index in [-0.39, 0.29) is 25.0 Å². The Morgan fingerprint density at radius 2 is 1.08 bits per heavy atom. The molecule has 3 unspecified atom stereocenters. The summed E-state index contributed by atoms with van der Waals surface area (Å²) < 4.78 is 53.5. The van der Waals surface area contributed by atoms with Crippen LogP contribution in [0.2, 0.25) is 0 Å². The number of rotatable bonds is 41. The van der Waals surface area contributed by atoms with E-state index in [1.165, 1.54) is 57.8 Å². The number of hydrogen-bond donors (Lipinski definition) is 4. The van der Waals surface area contributed by atoms with Gasteiger partial charge in [0.05, 0.1) is 32.0 Å². The molecule has 1 rings (SSSR count). The maximum Gasteiger partial charge on any atom is 0.472 e. The molecule has 16 heteroatoms. The molecule has 4 N–H and O–H groups in total. The second kappa shape index (κ2) is 36.5. The summed E-state index contributed by atoms with van der Waals surface area (Å²) in [5.74, 6) is -1.12. The van der Waals surface area contributed by atoms with E-state index in [2.05, 4.69) is 71.5 Å². The highest BCUT2D eigenvalue weighted by molar-refractivity contribution is 7.47. The van der Waals surface area contributed by atoms with Crippen LogP contribution in [0.15, 0.2) is 48.6 Å². The topological polar surface area (TPSA) is 208 Å². The van der Waals surface area contributed by atoms with Crippen molar-refractivity contribution in [1.82, 2.24) is 0 Å².